The van der Waals surface area contributed by atoms with Gasteiger partial charge in [0.2, 0.25) is 10.0 Å². The number of halogens is 4. The van der Waals surface area contributed by atoms with Gasteiger partial charge in [-0.1, -0.05) is 36.4 Å². The summed E-state index contributed by atoms with van der Waals surface area (Å²) in [7, 11) is -2.36. The van der Waals surface area contributed by atoms with E-state index in [9.17, 15) is 26.0 Å². The summed E-state index contributed by atoms with van der Waals surface area (Å²) in [5.74, 6) is -1.06. The third-order valence-electron chi connectivity index (χ3n) is 5.01. The Morgan fingerprint density at radius 3 is 2.48 bits per heavy atom. The van der Waals surface area contributed by atoms with Crippen molar-refractivity contribution in [2.24, 2.45) is 0 Å². The molecule has 0 unspecified atom stereocenters. The lowest BCUT2D eigenvalue weighted by Gasteiger charge is -2.09. The fourth-order valence-electron chi connectivity index (χ4n) is 3.39. The summed E-state index contributed by atoms with van der Waals surface area (Å²) in [5.41, 5.74) is 0.683. The first-order valence-electron chi connectivity index (χ1n) is 9.66. The molecule has 0 aliphatic rings. The largest absolute Gasteiger partial charge is 0.419 e. The molecular weight excluding hydrogens is 458 g/mol. The van der Waals surface area contributed by atoms with E-state index in [1.165, 1.54) is 31.3 Å². The van der Waals surface area contributed by atoms with E-state index in [4.69, 9.17) is 0 Å². The summed E-state index contributed by atoms with van der Waals surface area (Å²) < 4.78 is 80.0. The quantitative estimate of drug-likeness (QED) is 0.376. The van der Waals surface area contributed by atoms with Crippen LogP contribution in [0.1, 0.15) is 17.0 Å². The maximum absolute atomic E-state index is 14.2. The summed E-state index contributed by atoms with van der Waals surface area (Å²) in [6.45, 7) is 0. The van der Waals surface area contributed by atoms with Gasteiger partial charge in [-0.25, -0.2) is 22.5 Å². The van der Waals surface area contributed by atoms with Crippen LogP contribution < -0.4 is 4.72 Å². The van der Waals surface area contributed by atoms with Crippen molar-refractivity contribution in [2.45, 2.75) is 11.1 Å². The molecule has 2 N–H and O–H groups in total. The third-order valence-corrected chi connectivity index (χ3v) is 6.48. The number of H-pyrrole nitrogens is 1. The number of hydrogen-bond acceptors (Lipinski definition) is 3. The fraction of sp³-hybridized carbons (Fsp3) is 0.0870. The summed E-state index contributed by atoms with van der Waals surface area (Å²) in [6.07, 6.45) is -2.21. The second-order valence-electron chi connectivity index (χ2n) is 7.10. The van der Waals surface area contributed by atoms with Crippen LogP contribution >= 0.6 is 0 Å². The summed E-state index contributed by atoms with van der Waals surface area (Å²) in [5, 5.41) is 0. The third kappa shape index (κ3) is 4.53. The summed E-state index contributed by atoms with van der Waals surface area (Å²) >= 11 is 0. The Labute approximate surface area is 186 Å². The van der Waals surface area contributed by atoms with Gasteiger partial charge in [0.05, 0.1) is 21.5 Å². The van der Waals surface area contributed by atoms with E-state index < -0.39 is 27.6 Å². The molecule has 1 heterocycles. The highest BCUT2D eigenvalue weighted by atomic mass is 32.2. The number of imidazole rings is 1. The maximum atomic E-state index is 14.2. The van der Waals surface area contributed by atoms with Crippen molar-refractivity contribution in [3.8, 4) is 11.1 Å². The van der Waals surface area contributed by atoms with Crippen LogP contribution in [0.5, 0.6) is 0 Å². The second kappa shape index (κ2) is 8.45. The molecule has 0 fully saturated rings. The van der Waals surface area contributed by atoms with Gasteiger partial charge in [-0.2, -0.15) is 13.2 Å². The van der Waals surface area contributed by atoms with Gasteiger partial charge >= 0.3 is 6.18 Å². The van der Waals surface area contributed by atoms with Gasteiger partial charge in [0.15, 0.2) is 0 Å². The fourth-order valence-corrected chi connectivity index (χ4v) is 4.34. The molecule has 4 rings (SSSR count). The molecule has 0 aliphatic carbocycles. The zero-order valence-electron chi connectivity index (χ0n) is 17.1. The second-order valence-corrected chi connectivity index (χ2v) is 8.95. The standard InChI is InChI=1S/C23H17F4N3O2S/c1-28-33(31,32)20-8-3-2-6-16(20)15-9-11-18-19(13-15)30-21(29-18)12-10-14-5-4-7-17(22(14)24)23(25,26)27/h2-13,28H,1H3,(H,29,30)/b12-10+. The van der Waals surface area contributed by atoms with Gasteiger partial charge < -0.3 is 4.98 Å². The van der Waals surface area contributed by atoms with E-state index in [0.717, 1.165) is 6.07 Å². The highest BCUT2D eigenvalue weighted by Gasteiger charge is 2.34. The Morgan fingerprint density at radius 1 is 1.00 bits per heavy atom. The summed E-state index contributed by atoms with van der Waals surface area (Å²) in [6, 6.07) is 14.7. The van der Waals surface area contributed by atoms with Crippen LogP contribution in [-0.4, -0.2) is 25.4 Å². The Balaban J connectivity index is 1.70. The lowest BCUT2D eigenvalue weighted by atomic mass is 10.1. The first kappa shape index (κ1) is 22.7. The van der Waals surface area contributed by atoms with Gasteiger partial charge in [-0.3, -0.25) is 0 Å². The average molecular weight is 475 g/mol. The zero-order chi connectivity index (χ0) is 23.8. The Morgan fingerprint density at radius 2 is 1.76 bits per heavy atom. The van der Waals surface area contributed by atoms with Crippen LogP contribution in [-0.2, 0) is 16.2 Å². The normalized spacial score (nSPS) is 12.6. The lowest BCUT2D eigenvalue weighted by molar-refractivity contribution is -0.140. The monoisotopic (exact) mass is 475 g/mol. The number of alkyl halides is 3. The molecule has 1 aromatic heterocycles. The molecule has 10 heteroatoms. The first-order chi connectivity index (χ1) is 15.6. The minimum Gasteiger partial charge on any atom is -0.338 e. The van der Waals surface area contributed by atoms with Crippen LogP contribution in [0.4, 0.5) is 17.6 Å². The van der Waals surface area contributed by atoms with Crippen LogP contribution in [0.25, 0.3) is 34.3 Å². The Bertz CT molecular complexity index is 1470. The van der Waals surface area contributed by atoms with Crippen LogP contribution in [0.2, 0.25) is 0 Å². The number of aromatic amines is 1. The van der Waals surface area contributed by atoms with Gasteiger partial charge in [0.25, 0.3) is 0 Å². The van der Waals surface area contributed by atoms with E-state index in [2.05, 4.69) is 14.7 Å². The van der Waals surface area contributed by atoms with Crippen LogP contribution in [0, 0.1) is 5.82 Å². The van der Waals surface area contributed by atoms with E-state index in [1.807, 2.05) is 0 Å². The van der Waals surface area contributed by atoms with Gasteiger partial charge in [-0.15, -0.1) is 0 Å². The van der Waals surface area contributed by atoms with Crippen molar-refractivity contribution in [1.82, 2.24) is 14.7 Å². The van der Waals surface area contributed by atoms with E-state index in [1.54, 1.807) is 36.4 Å². The number of fused-ring (bicyclic) bond motifs is 1. The van der Waals surface area contributed by atoms with Crippen molar-refractivity contribution >= 4 is 33.2 Å². The van der Waals surface area contributed by atoms with Crippen molar-refractivity contribution < 1.29 is 26.0 Å². The Kier molecular flexibility index (Phi) is 5.81. The SMILES string of the molecule is CNS(=O)(=O)c1ccccc1-c1ccc2nc(/C=C/c3cccc(C(F)(F)F)c3F)[nH]c2c1. The van der Waals surface area contributed by atoms with Crippen molar-refractivity contribution in [3.05, 3.63) is 83.4 Å². The molecule has 0 saturated heterocycles. The van der Waals surface area contributed by atoms with Crippen LogP contribution in [0.15, 0.2) is 65.6 Å². The predicted molar refractivity (Wildman–Crippen MR) is 118 cm³/mol. The minimum atomic E-state index is -4.79. The minimum absolute atomic E-state index is 0.117. The van der Waals surface area contributed by atoms with Gasteiger partial charge in [-0.05, 0) is 49.0 Å². The maximum Gasteiger partial charge on any atom is 0.419 e. The lowest BCUT2D eigenvalue weighted by Crippen LogP contribution is -2.19. The number of hydrogen-bond donors (Lipinski definition) is 2. The smallest absolute Gasteiger partial charge is 0.338 e. The number of nitrogens with zero attached hydrogens (tertiary/aromatic N) is 1. The molecular formula is C23H17F4N3O2S. The van der Waals surface area contributed by atoms with E-state index in [-0.39, 0.29) is 10.5 Å². The number of nitrogens with one attached hydrogen (secondary N) is 2. The van der Waals surface area contributed by atoms with Gasteiger partial charge in [0.1, 0.15) is 11.6 Å². The molecule has 170 valence electrons. The van der Waals surface area contributed by atoms with Crippen molar-refractivity contribution in [1.29, 1.82) is 0 Å². The summed E-state index contributed by atoms with van der Waals surface area (Å²) in [4.78, 5) is 7.46. The molecule has 4 aromatic rings. The molecule has 0 radical (unpaired) electrons. The molecule has 0 bridgehead atoms. The molecule has 0 aliphatic heterocycles. The molecule has 0 spiro atoms. The molecule has 3 aromatic carbocycles. The zero-order valence-corrected chi connectivity index (χ0v) is 17.9. The van der Waals surface area contributed by atoms with E-state index >= 15 is 0 Å². The first-order valence-corrected chi connectivity index (χ1v) is 11.1. The van der Waals surface area contributed by atoms with Crippen molar-refractivity contribution in [3.63, 3.8) is 0 Å². The highest BCUT2D eigenvalue weighted by Crippen LogP contribution is 2.33. The number of sulfonamides is 1. The molecule has 0 saturated carbocycles. The molecule has 5 nitrogen and oxygen atoms in total. The topological polar surface area (TPSA) is 74.8 Å². The van der Waals surface area contributed by atoms with Crippen molar-refractivity contribution in [2.75, 3.05) is 7.05 Å². The number of benzene rings is 3. The average Bonchev–Trinajstić information content (AvgIpc) is 3.19. The molecule has 0 atom stereocenters. The molecule has 0 amide bonds. The van der Waals surface area contributed by atoms with E-state index in [0.29, 0.717) is 34.1 Å². The molecule has 33 heavy (non-hydrogen) atoms. The van der Waals surface area contributed by atoms with Crippen LogP contribution in [0.3, 0.4) is 0 Å². The Hall–Kier alpha value is -3.50. The highest BCUT2D eigenvalue weighted by molar-refractivity contribution is 7.89. The predicted octanol–water partition coefficient (Wildman–Crippen LogP) is 5.47. The number of aromatic nitrogens is 2. The number of rotatable bonds is 5. The van der Waals surface area contributed by atoms with Gasteiger partial charge in [0, 0.05) is 11.1 Å².